The van der Waals surface area contributed by atoms with Gasteiger partial charge in [0.25, 0.3) is 0 Å². The summed E-state index contributed by atoms with van der Waals surface area (Å²) < 4.78 is 6.48. The van der Waals surface area contributed by atoms with Crippen LogP contribution < -0.4 is 15.1 Å². The smallest absolute Gasteiger partial charge is 0.174 e. The molecule has 0 aliphatic carbocycles. The average molecular weight is 589 g/mol. The molecular weight excluding hydrogens is 556 g/mol. The summed E-state index contributed by atoms with van der Waals surface area (Å²) in [5.74, 6) is 2.10. The van der Waals surface area contributed by atoms with Gasteiger partial charge in [-0.2, -0.15) is 0 Å². The highest BCUT2D eigenvalue weighted by atomic mass is 35.5. The number of halogens is 1. The van der Waals surface area contributed by atoms with Crippen molar-refractivity contribution in [2.45, 2.75) is 49.3 Å². The van der Waals surface area contributed by atoms with E-state index in [1.807, 2.05) is 42.6 Å². The Morgan fingerprint density at radius 1 is 1.00 bits per heavy atom. The number of nitrogens with one attached hydrogen (secondary N) is 1. The van der Waals surface area contributed by atoms with Crippen molar-refractivity contribution < 1.29 is 4.42 Å². The van der Waals surface area contributed by atoms with Crippen LogP contribution in [0, 0.1) is 18.8 Å². The van der Waals surface area contributed by atoms with E-state index in [4.69, 9.17) is 28.2 Å². The first-order valence-electron chi connectivity index (χ1n) is 13.7. The van der Waals surface area contributed by atoms with Crippen LogP contribution in [0.15, 0.2) is 93.4 Å². The Kier molecular flexibility index (Phi) is 7.80. The minimum atomic E-state index is -0.230. The Bertz CT molecular complexity index is 1480. The predicted octanol–water partition coefficient (Wildman–Crippen LogP) is 8.45. The molecule has 4 atom stereocenters. The van der Waals surface area contributed by atoms with E-state index in [1.54, 1.807) is 11.8 Å². The molecule has 206 valence electrons. The maximum atomic E-state index is 6.97. The summed E-state index contributed by atoms with van der Waals surface area (Å²) in [7, 11) is 0. The number of benzene rings is 2. The van der Waals surface area contributed by atoms with Crippen molar-refractivity contribution in [2.75, 3.05) is 22.9 Å². The molecule has 0 radical (unpaired) electrons. The quantitative estimate of drug-likeness (QED) is 0.227. The van der Waals surface area contributed by atoms with Gasteiger partial charge in [0.15, 0.2) is 10.2 Å². The van der Waals surface area contributed by atoms with E-state index in [1.165, 1.54) is 12.0 Å². The van der Waals surface area contributed by atoms with Crippen LogP contribution in [0.3, 0.4) is 0 Å². The molecule has 0 unspecified atom stereocenters. The van der Waals surface area contributed by atoms with E-state index in [9.17, 15) is 0 Å². The van der Waals surface area contributed by atoms with E-state index < -0.39 is 0 Å². The number of piperidine rings is 1. The molecule has 6 rings (SSSR count). The third kappa shape index (κ3) is 5.60. The van der Waals surface area contributed by atoms with E-state index in [-0.39, 0.29) is 12.1 Å². The number of pyridine rings is 1. The number of nitrogens with zero attached hydrogens (tertiary/aromatic N) is 3. The van der Waals surface area contributed by atoms with Crippen LogP contribution in [-0.2, 0) is 0 Å². The fourth-order valence-electron chi connectivity index (χ4n) is 5.95. The topological polar surface area (TPSA) is 44.5 Å². The number of hydrogen-bond donors (Lipinski definition) is 1. The van der Waals surface area contributed by atoms with Gasteiger partial charge in [-0.25, -0.2) is 0 Å². The summed E-state index contributed by atoms with van der Waals surface area (Å²) in [5, 5.41) is 5.70. The van der Waals surface area contributed by atoms with Gasteiger partial charge in [0.05, 0.1) is 22.4 Å². The Morgan fingerprint density at radius 3 is 2.48 bits per heavy atom. The predicted molar refractivity (Wildman–Crippen MR) is 169 cm³/mol. The Hall–Kier alpha value is -3.00. The molecule has 0 saturated carbocycles. The fraction of sp³-hybridized carbons (Fsp3) is 0.312. The SMILES string of the molecule is Cc1ccc(Sc2ccc([C@H]3[C@@H](c4ccccn4)NC(=S)N3c3ccc(N4C[C@H](C)C[C@H](C)C4)c(Cl)c3)o2)cc1. The zero-order chi connectivity index (χ0) is 27.8. The van der Waals surface area contributed by atoms with Crippen molar-refractivity contribution in [1.29, 1.82) is 0 Å². The molecule has 2 aliphatic heterocycles. The molecule has 2 aromatic carbocycles. The van der Waals surface area contributed by atoms with Crippen LogP contribution in [0.25, 0.3) is 0 Å². The summed E-state index contributed by atoms with van der Waals surface area (Å²) in [6, 6.07) is 24.4. The summed E-state index contributed by atoms with van der Waals surface area (Å²) in [6.07, 6.45) is 3.07. The molecule has 4 heterocycles. The van der Waals surface area contributed by atoms with Gasteiger partial charge in [-0.1, -0.05) is 61.0 Å². The lowest BCUT2D eigenvalue weighted by Gasteiger charge is -2.37. The molecular formula is C32H33ClN4OS2. The van der Waals surface area contributed by atoms with E-state index >= 15 is 0 Å². The molecule has 0 spiro atoms. The third-order valence-electron chi connectivity index (χ3n) is 7.65. The molecule has 1 N–H and O–H groups in total. The van der Waals surface area contributed by atoms with Gasteiger partial charge in [0.2, 0.25) is 0 Å². The molecule has 2 fully saturated rings. The molecule has 8 heteroatoms. The lowest BCUT2D eigenvalue weighted by molar-refractivity contribution is 0.357. The molecule has 0 bridgehead atoms. The minimum absolute atomic E-state index is 0.181. The van der Waals surface area contributed by atoms with Crippen molar-refractivity contribution in [3.63, 3.8) is 0 Å². The molecule has 4 aromatic rings. The van der Waals surface area contributed by atoms with Gasteiger partial charge in [0.1, 0.15) is 11.8 Å². The first kappa shape index (κ1) is 27.2. The number of furan rings is 1. The fourth-order valence-corrected chi connectivity index (χ4v) is 7.37. The normalized spacial score (nSPS) is 22.9. The number of hydrogen-bond acceptors (Lipinski definition) is 5. The van der Waals surface area contributed by atoms with E-state index in [0.717, 1.165) is 50.9 Å². The largest absolute Gasteiger partial charge is 0.452 e. The standard InChI is InChI=1S/C32H33ClN4OS2/c1-20-7-10-24(11-8-20)40-29-14-13-28(38-29)31-30(26-6-4-5-15-34-26)35-32(39)37(31)23-9-12-27(25(33)17-23)36-18-21(2)16-22(3)19-36/h4-15,17,21-22,30-31H,16,18-19H2,1-3H3,(H,35,39)/t21-,22+,30-,31+/m1/s1. The van der Waals surface area contributed by atoms with E-state index in [0.29, 0.717) is 16.9 Å². The van der Waals surface area contributed by atoms with Crippen LogP contribution in [0.1, 0.15) is 49.4 Å². The van der Waals surface area contributed by atoms with Crippen molar-refractivity contribution in [3.8, 4) is 0 Å². The molecule has 2 aromatic heterocycles. The van der Waals surface area contributed by atoms with Gasteiger partial charge in [-0.3, -0.25) is 4.98 Å². The number of aromatic nitrogens is 1. The van der Waals surface area contributed by atoms with Gasteiger partial charge >= 0.3 is 0 Å². The molecule has 2 aliphatic rings. The van der Waals surface area contributed by atoms with Crippen LogP contribution in [0.5, 0.6) is 0 Å². The summed E-state index contributed by atoms with van der Waals surface area (Å²) in [5.41, 5.74) is 4.14. The molecule has 40 heavy (non-hydrogen) atoms. The van der Waals surface area contributed by atoms with Gasteiger partial charge in [0, 0.05) is 29.9 Å². The third-order valence-corrected chi connectivity index (χ3v) is 9.20. The first-order valence-corrected chi connectivity index (χ1v) is 15.4. The second kappa shape index (κ2) is 11.5. The second-order valence-electron chi connectivity index (χ2n) is 11.1. The van der Waals surface area contributed by atoms with Gasteiger partial charge in [-0.05, 0) is 92.0 Å². The number of thiocarbonyl (C=S) groups is 1. The zero-order valence-corrected chi connectivity index (χ0v) is 25.3. The number of rotatable bonds is 6. The lowest BCUT2D eigenvalue weighted by Crippen LogP contribution is -2.38. The Balaban J connectivity index is 1.34. The highest BCUT2D eigenvalue weighted by Gasteiger charge is 2.43. The highest BCUT2D eigenvalue weighted by Crippen LogP contribution is 2.45. The molecule has 0 amide bonds. The average Bonchev–Trinajstić information content (AvgIpc) is 3.53. The lowest BCUT2D eigenvalue weighted by atomic mass is 9.91. The maximum Gasteiger partial charge on any atom is 0.174 e. The summed E-state index contributed by atoms with van der Waals surface area (Å²) >= 11 is 14.5. The Morgan fingerprint density at radius 2 is 1.77 bits per heavy atom. The van der Waals surface area contributed by atoms with Crippen LogP contribution in [-0.4, -0.2) is 23.2 Å². The van der Waals surface area contributed by atoms with Crippen molar-refractivity contribution in [1.82, 2.24) is 10.3 Å². The minimum Gasteiger partial charge on any atom is -0.452 e. The van der Waals surface area contributed by atoms with E-state index in [2.05, 4.69) is 77.3 Å². The van der Waals surface area contributed by atoms with Crippen LogP contribution in [0.2, 0.25) is 5.02 Å². The summed E-state index contributed by atoms with van der Waals surface area (Å²) in [6.45, 7) is 8.76. The molecule has 2 saturated heterocycles. The van der Waals surface area contributed by atoms with Crippen molar-refractivity contribution >= 4 is 52.1 Å². The monoisotopic (exact) mass is 588 g/mol. The van der Waals surface area contributed by atoms with Crippen LogP contribution in [0.4, 0.5) is 11.4 Å². The number of anilines is 2. The zero-order valence-electron chi connectivity index (χ0n) is 22.9. The molecule has 5 nitrogen and oxygen atoms in total. The highest BCUT2D eigenvalue weighted by molar-refractivity contribution is 7.99. The van der Waals surface area contributed by atoms with Crippen molar-refractivity contribution in [3.05, 3.63) is 101 Å². The number of aryl methyl sites for hydroxylation is 1. The summed E-state index contributed by atoms with van der Waals surface area (Å²) in [4.78, 5) is 10.3. The second-order valence-corrected chi connectivity index (χ2v) is 12.9. The van der Waals surface area contributed by atoms with Crippen molar-refractivity contribution in [2.24, 2.45) is 11.8 Å². The van der Waals surface area contributed by atoms with Crippen LogP contribution >= 0.6 is 35.6 Å². The Labute approximate surface area is 250 Å². The van der Waals surface area contributed by atoms with Gasteiger partial charge in [-0.15, -0.1) is 0 Å². The maximum absolute atomic E-state index is 6.97. The first-order chi connectivity index (χ1) is 19.4. The van der Waals surface area contributed by atoms with Gasteiger partial charge < -0.3 is 19.5 Å².